The van der Waals surface area contributed by atoms with Crippen LogP contribution in [0.4, 0.5) is 0 Å². The lowest BCUT2D eigenvalue weighted by Gasteiger charge is -2.38. The number of hydrogen-bond donors (Lipinski definition) is 1. The average Bonchev–Trinajstić information content (AvgIpc) is 2.51. The highest BCUT2D eigenvalue weighted by atomic mass is 35.5. The van der Waals surface area contributed by atoms with Crippen LogP contribution in [0.1, 0.15) is 38.1 Å². The van der Waals surface area contributed by atoms with Crippen molar-refractivity contribution in [2.75, 3.05) is 13.1 Å². The summed E-state index contributed by atoms with van der Waals surface area (Å²) in [6, 6.07) is 6.23. The number of rotatable bonds is 4. The Morgan fingerprint density at radius 3 is 2.33 bits per heavy atom. The third kappa shape index (κ3) is 4.48. The highest BCUT2D eigenvalue weighted by Gasteiger charge is 2.33. The molecule has 1 aliphatic rings. The first-order chi connectivity index (χ1) is 11.3. The number of morpholine rings is 1. The second-order valence-corrected chi connectivity index (χ2v) is 7.08. The number of carbonyl (C=O) groups is 2. The Kier molecular flexibility index (Phi) is 6.24. The summed E-state index contributed by atoms with van der Waals surface area (Å²) in [7, 11) is 0. The SMILES string of the molecule is CC1CN(C(=O)[C@@H](NC(=O)c2ccccc2Cl)C(C)C)CC(C)O1. The molecule has 0 spiro atoms. The molecule has 3 atom stereocenters. The van der Waals surface area contributed by atoms with Gasteiger partial charge in [-0.3, -0.25) is 9.59 Å². The second kappa shape index (κ2) is 7.99. The predicted octanol–water partition coefficient (Wildman–Crippen LogP) is 2.73. The first-order valence-corrected chi connectivity index (χ1v) is 8.67. The van der Waals surface area contributed by atoms with Gasteiger partial charge in [-0.15, -0.1) is 0 Å². The van der Waals surface area contributed by atoms with Gasteiger partial charge < -0.3 is 15.0 Å². The highest BCUT2D eigenvalue weighted by Crippen LogP contribution is 2.17. The maximum Gasteiger partial charge on any atom is 0.253 e. The smallest absolute Gasteiger partial charge is 0.253 e. The van der Waals surface area contributed by atoms with Crippen molar-refractivity contribution < 1.29 is 14.3 Å². The third-order valence-corrected chi connectivity index (χ3v) is 4.40. The Hall–Kier alpha value is -1.59. The summed E-state index contributed by atoms with van der Waals surface area (Å²) in [4.78, 5) is 27.2. The van der Waals surface area contributed by atoms with Gasteiger partial charge in [0.2, 0.25) is 5.91 Å². The van der Waals surface area contributed by atoms with Gasteiger partial charge in [0.05, 0.1) is 22.8 Å². The molecule has 1 N–H and O–H groups in total. The summed E-state index contributed by atoms with van der Waals surface area (Å²) < 4.78 is 5.67. The number of ether oxygens (including phenoxy) is 1. The fraction of sp³-hybridized carbons (Fsp3) is 0.556. The van der Waals surface area contributed by atoms with Crippen LogP contribution in [0, 0.1) is 5.92 Å². The molecule has 24 heavy (non-hydrogen) atoms. The zero-order valence-electron chi connectivity index (χ0n) is 14.6. The molecule has 1 aromatic rings. The van der Waals surface area contributed by atoms with Crippen molar-refractivity contribution in [3.05, 3.63) is 34.9 Å². The van der Waals surface area contributed by atoms with Crippen LogP contribution in [0.2, 0.25) is 5.02 Å². The first kappa shape index (κ1) is 18.7. The van der Waals surface area contributed by atoms with Crippen molar-refractivity contribution in [1.82, 2.24) is 10.2 Å². The first-order valence-electron chi connectivity index (χ1n) is 8.29. The molecular formula is C18H25ClN2O3. The van der Waals surface area contributed by atoms with Gasteiger partial charge in [-0.1, -0.05) is 37.6 Å². The van der Waals surface area contributed by atoms with Crippen molar-refractivity contribution in [2.24, 2.45) is 5.92 Å². The Morgan fingerprint density at radius 2 is 1.79 bits per heavy atom. The average molecular weight is 353 g/mol. The lowest BCUT2D eigenvalue weighted by molar-refractivity contribution is -0.146. The normalized spacial score (nSPS) is 22.3. The van der Waals surface area contributed by atoms with E-state index >= 15 is 0 Å². The van der Waals surface area contributed by atoms with Gasteiger partial charge in [-0.2, -0.15) is 0 Å². The minimum Gasteiger partial charge on any atom is -0.372 e. The van der Waals surface area contributed by atoms with Crippen LogP contribution in [0.15, 0.2) is 24.3 Å². The standard InChI is InChI=1S/C18H25ClN2O3/c1-11(2)16(18(23)21-9-12(3)24-13(4)10-21)20-17(22)14-7-5-6-8-15(14)19/h5-8,11-13,16H,9-10H2,1-4H3,(H,20,22)/t12?,13?,16-/m0/s1. The molecule has 0 bridgehead atoms. The molecule has 132 valence electrons. The molecule has 0 aliphatic carbocycles. The fourth-order valence-electron chi connectivity index (χ4n) is 2.93. The van der Waals surface area contributed by atoms with Gasteiger partial charge in [0.15, 0.2) is 0 Å². The number of nitrogens with zero attached hydrogens (tertiary/aromatic N) is 1. The van der Waals surface area contributed by atoms with Crippen LogP contribution in [0.5, 0.6) is 0 Å². The minimum absolute atomic E-state index is 0.00946. The van der Waals surface area contributed by atoms with Gasteiger partial charge in [0.1, 0.15) is 6.04 Å². The molecule has 1 fully saturated rings. The lowest BCUT2D eigenvalue weighted by Crippen LogP contribution is -2.56. The largest absolute Gasteiger partial charge is 0.372 e. The van der Waals surface area contributed by atoms with Crippen LogP contribution in [0.3, 0.4) is 0 Å². The molecule has 2 rings (SSSR count). The van der Waals surface area contributed by atoms with Gasteiger partial charge in [-0.25, -0.2) is 0 Å². The molecule has 5 nitrogen and oxygen atoms in total. The van der Waals surface area contributed by atoms with Gasteiger partial charge in [0, 0.05) is 13.1 Å². The summed E-state index contributed by atoms with van der Waals surface area (Å²) in [5, 5.41) is 3.22. The van der Waals surface area contributed by atoms with E-state index in [1.54, 1.807) is 29.2 Å². The molecule has 0 radical (unpaired) electrons. The highest BCUT2D eigenvalue weighted by molar-refractivity contribution is 6.33. The van der Waals surface area contributed by atoms with E-state index in [1.807, 2.05) is 27.7 Å². The van der Waals surface area contributed by atoms with Gasteiger partial charge in [-0.05, 0) is 31.9 Å². The molecule has 2 unspecified atom stereocenters. The van der Waals surface area contributed by atoms with Crippen molar-refractivity contribution in [3.63, 3.8) is 0 Å². The van der Waals surface area contributed by atoms with Crippen LogP contribution in [-0.4, -0.2) is 48.1 Å². The summed E-state index contributed by atoms with van der Waals surface area (Å²) in [5.41, 5.74) is 0.376. The van der Waals surface area contributed by atoms with E-state index < -0.39 is 6.04 Å². The minimum atomic E-state index is -0.591. The molecule has 2 amide bonds. The number of carbonyl (C=O) groups excluding carboxylic acids is 2. The third-order valence-electron chi connectivity index (χ3n) is 4.07. The van der Waals surface area contributed by atoms with E-state index in [-0.39, 0.29) is 29.9 Å². The van der Waals surface area contributed by atoms with Gasteiger partial charge >= 0.3 is 0 Å². The van der Waals surface area contributed by atoms with Crippen LogP contribution in [0.25, 0.3) is 0 Å². The quantitative estimate of drug-likeness (QED) is 0.906. The maximum atomic E-state index is 12.9. The molecular weight excluding hydrogens is 328 g/mol. The maximum absolute atomic E-state index is 12.9. The molecule has 0 saturated carbocycles. The zero-order chi connectivity index (χ0) is 17.9. The summed E-state index contributed by atoms with van der Waals surface area (Å²) in [5.74, 6) is -0.438. The summed E-state index contributed by atoms with van der Waals surface area (Å²) in [6.45, 7) is 8.81. The monoisotopic (exact) mass is 352 g/mol. The van der Waals surface area contributed by atoms with E-state index in [4.69, 9.17) is 16.3 Å². The van der Waals surface area contributed by atoms with E-state index in [0.717, 1.165) is 0 Å². The molecule has 1 aromatic carbocycles. The number of halogens is 1. The Labute approximate surface area is 148 Å². The van der Waals surface area contributed by atoms with E-state index in [2.05, 4.69) is 5.32 Å². The van der Waals surface area contributed by atoms with Crippen molar-refractivity contribution >= 4 is 23.4 Å². The van der Waals surface area contributed by atoms with Gasteiger partial charge in [0.25, 0.3) is 5.91 Å². The number of amides is 2. The number of nitrogens with one attached hydrogen (secondary N) is 1. The molecule has 1 heterocycles. The van der Waals surface area contributed by atoms with Crippen molar-refractivity contribution in [2.45, 2.75) is 45.9 Å². The molecule has 1 aliphatic heterocycles. The second-order valence-electron chi connectivity index (χ2n) is 6.68. The van der Waals surface area contributed by atoms with E-state index in [1.165, 1.54) is 0 Å². The zero-order valence-corrected chi connectivity index (χ0v) is 15.3. The van der Waals surface area contributed by atoms with Crippen LogP contribution < -0.4 is 5.32 Å². The van der Waals surface area contributed by atoms with Crippen LogP contribution in [-0.2, 0) is 9.53 Å². The van der Waals surface area contributed by atoms with Crippen LogP contribution >= 0.6 is 11.6 Å². The fourth-order valence-corrected chi connectivity index (χ4v) is 3.15. The molecule has 6 heteroatoms. The topological polar surface area (TPSA) is 58.6 Å². The van der Waals surface area contributed by atoms with Crippen molar-refractivity contribution in [3.8, 4) is 0 Å². The molecule has 1 saturated heterocycles. The van der Waals surface area contributed by atoms with E-state index in [0.29, 0.717) is 23.7 Å². The number of benzene rings is 1. The van der Waals surface area contributed by atoms with E-state index in [9.17, 15) is 9.59 Å². The number of hydrogen-bond acceptors (Lipinski definition) is 3. The molecule has 0 aromatic heterocycles. The lowest BCUT2D eigenvalue weighted by atomic mass is 10.0. The van der Waals surface area contributed by atoms with Crippen molar-refractivity contribution in [1.29, 1.82) is 0 Å². The summed E-state index contributed by atoms with van der Waals surface area (Å²) in [6.07, 6.45) is -0.0189. The predicted molar refractivity (Wildman–Crippen MR) is 94.1 cm³/mol. The Bertz CT molecular complexity index is 596. The Morgan fingerprint density at radius 1 is 1.21 bits per heavy atom. The summed E-state index contributed by atoms with van der Waals surface area (Å²) >= 11 is 6.08. The Balaban J connectivity index is 2.13.